The summed E-state index contributed by atoms with van der Waals surface area (Å²) >= 11 is 5.80. The van der Waals surface area contributed by atoms with Crippen molar-refractivity contribution in [3.05, 3.63) is 59.1 Å². The summed E-state index contributed by atoms with van der Waals surface area (Å²) in [6, 6.07) is 13.2. The predicted octanol–water partition coefficient (Wildman–Crippen LogP) is 3.53. The Kier molecular flexibility index (Phi) is 5.60. The number of nitrogens with one attached hydrogen (secondary N) is 1. The first kappa shape index (κ1) is 16.8. The molecule has 0 spiro atoms. The Bertz CT molecular complexity index is 700. The molecular formula is C17H16ClNO4. The Morgan fingerprint density at radius 2 is 1.83 bits per heavy atom. The summed E-state index contributed by atoms with van der Waals surface area (Å²) in [6.45, 7) is 1.62. The second-order valence-electron chi connectivity index (χ2n) is 4.78. The van der Waals surface area contributed by atoms with Crippen LogP contribution in [0.25, 0.3) is 0 Å². The number of amides is 1. The van der Waals surface area contributed by atoms with E-state index in [2.05, 4.69) is 10.1 Å². The van der Waals surface area contributed by atoms with Gasteiger partial charge in [0, 0.05) is 10.7 Å². The first-order chi connectivity index (χ1) is 11.0. The molecule has 5 nitrogen and oxygen atoms in total. The summed E-state index contributed by atoms with van der Waals surface area (Å²) in [7, 11) is 1.30. The van der Waals surface area contributed by atoms with E-state index in [0.717, 1.165) is 0 Å². The average molecular weight is 334 g/mol. The molecule has 1 N–H and O–H groups in total. The minimum atomic E-state index is -0.737. The molecule has 2 aromatic carbocycles. The molecule has 2 rings (SSSR count). The summed E-state index contributed by atoms with van der Waals surface area (Å²) in [6.07, 6.45) is -0.737. The van der Waals surface area contributed by atoms with E-state index >= 15 is 0 Å². The number of carbonyl (C=O) groups excluding carboxylic acids is 2. The fourth-order valence-electron chi connectivity index (χ4n) is 1.85. The Morgan fingerprint density at radius 3 is 2.48 bits per heavy atom. The van der Waals surface area contributed by atoms with E-state index in [1.165, 1.54) is 13.2 Å². The minimum Gasteiger partial charge on any atom is -0.481 e. The Balaban J connectivity index is 2.00. The molecule has 6 heteroatoms. The maximum absolute atomic E-state index is 12.1. The van der Waals surface area contributed by atoms with Gasteiger partial charge in [0.25, 0.3) is 5.91 Å². The normalized spacial score (nSPS) is 11.4. The molecule has 1 atom stereocenters. The van der Waals surface area contributed by atoms with Crippen LogP contribution in [-0.4, -0.2) is 25.1 Å². The van der Waals surface area contributed by atoms with Gasteiger partial charge in [0.2, 0.25) is 0 Å². The second kappa shape index (κ2) is 7.65. The van der Waals surface area contributed by atoms with Crippen LogP contribution < -0.4 is 10.1 Å². The lowest BCUT2D eigenvalue weighted by Gasteiger charge is -2.15. The zero-order chi connectivity index (χ0) is 16.8. The van der Waals surface area contributed by atoms with Gasteiger partial charge in [0.1, 0.15) is 5.75 Å². The van der Waals surface area contributed by atoms with Crippen molar-refractivity contribution in [3.63, 3.8) is 0 Å². The summed E-state index contributed by atoms with van der Waals surface area (Å²) in [5.74, 6) is -0.365. The van der Waals surface area contributed by atoms with Gasteiger partial charge in [0.15, 0.2) is 6.10 Å². The Hall–Kier alpha value is -2.53. The Labute approximate surface area is 139 Å². The van der Waals surface area contributed by atoms with Crippen LogP contribution in [-0.2, 0) is 9.53 Å². The van der Waals surface area contributed by atoms with Crippen molar-refractivity contribution in [2.24, 2.45) is 0 Å². The van der Waals surface area contributed by atoms with E-state index in [4.69, 9.17) is 16.3 Å². The first-order valence-electron chi connectivity index (χ1n) is 6.91. The quantitative estimate of drug-likeness (QED) is 0.850. The number of rotatable bonds is 5. The molecule has 0 radical (unpaired) electrons. The van der Waals surface area contributed by atoms with Crippen LogP contribution >= 0.6 is 11.6 Å². The van der Waals surface area contributed by atoms with Gasteiger partial charge in [-0.2, -0.15) is 0 Å². The van der Waals surface area contributed by atoms with Crippen molar-refractivity contribution in [2.75, 3.05) is 12.4 Å². The summed E-state index contributed by atoms with van der Waals surface area (Å²) in [4.78, 5) is 23.6. The highest BCUT2D eigenvalue weighted by atomic mass is 35.5. The van der Waals surface area contributed by atoms with Crippen molar-refractivity contribution in [2.45, 2.75) is 13.0 Å². The zero-order valence-corrected chi connectivity index (χ0v) is 13.5. The molecule has 0 saturated carbocycles. The van der Waals surface area contributed by atoms with Crippen molar-refractivity contribution >= 4 is 29.2 Å². The first-order valence-corrected chi connectivity index (χ1v) is 7.29. The van der Waals surface area contributed by atoms with E-state index in [0.29, 0.717) is 22.0 Å². The molecule has 120 valence electrons. The van der Waals surface area contributed by atoms with Crippen LogP contribution in [0.4, 0.5) is 5.69 Å². The van der Waals surface area contributed by atoms with Crippen LogP contribution in [0.3, 0.4) is 0 Å². The zero-order valence-electron chi connectivity index (χ0n) is 12.7. The fourth-order valence-corrected chi connectivity index (χ4v) is 1.97. The number of halogens is 1. The second-order valence-corrected chi connectivity index (χ2v) is 5.21. The van der Waals surface area contributed by atoms with Crippen molar-refractivity contribution in [1.82, 2.24) is 0 Å². The Morgan fingerprint density at radius 1 is 1.13 bits per heavy atom. The van der Waals surface area contributed by atoms with E-state index in [-0.39, 0.29) is 5.91 Å². The number of anilines is 1. The van der Waals surface area contributed by atoms with Gasteiger partial charge in [-0.05, 0) is 49.4 Å². The van der Waals surface area contributed by atoms with Crippen LogP contribution in [0.1, 0.15) is 17.3 Å². The third kappa shape index (κ3) is 4.72. The summed E-state index contributed by atoms with van der Waals surface area (Å²) in [5.41, 5.74) is 0.980. The average Bonchev–Trinajstić information content (AvgIpc) is 2.56. The standard InChI is InChI=1S/C17H16ClNO4/c1-11(16(20)19-14-8-6-13(18)7-9-14)23-15-5-3-4-12(10-15)17(21)22-2/h3-11H,1-2H3,(H,19,20)/t11-/m1/s1. The third-order valence-corrected chi connectivity index (χ3v) is 3.30. The van der Waals surface area contributed by atoms with Crippen LogP contribution in [0.2, 0.25) is 5.02 Å². The molecule has 0 unspecified atom stereocenters. The molecule has 0 aliphatic rings. The molecule has 0 fully saturated rings. The minimum absolute atomic E-state index is 0.309. The molecule has 0 heterocycles. The lowest BCUT2D eigenvalue weighted by Crippen LogP contribution is -2.30. The van der Waals surface area contributed by atoms with Crippen LogP contribution in [0.5, 0.6) is 5.75 Å². The highest BCUT2D eigenvalue weighted by Gasteiger charge is 2.16. The van der Waals surface area contributed by atoms with Crippen molar-refractivity contribution in [3.8, 4) is 5.75 Å². The molecule has 0 bridgehead atoms. The molecule has 1 amide bonds. The number of carbonyl (C=O) groups is 2. The number of hydrogen-bond donors (Lipinski definition) is 1. The maximum Gasteiger partial charge on any atom is 0.337 e. The van der Waals surface area contributed by atoms with Gasteiger partial charge in [-0.1, -0.05) is 17.7 Å². The highest BCUT2D eigenvalue weighted by molar-refractivity contribution is 6.30. The lowest BCUT2D eigenvalue weighted by atomic mass is 10.2. The summed E-state index contributed by atoms with van der Waals surface area (Å²) in [5, 5.41) is 3.31. The van der Waals surface area contributed by atoms with E-state index in [1.807, 2.05) is 0 Å². The van der Waals surface area contributed by atoms with Gasteiger partial charge in [-0.25, -0.2) is 4.79 Å². The number of hydrogen-bond acceptors (Lipinski definition) is 4. The molecule has 0 aliphatic carbocycles. The lowest BCUT2D eigenvalue weighted by molar-refractivity contribution is -0.122. The number of benzene rings is 2. The van der Waals surface area contributed by atoms with Gasteiger partial charge in [-0.15, -0.1) is 0 Å². The topological polar surface area (TPSA) is 64.6 Å². The van der Waals surface area contributed by atoms with Gasteiger partial charge in [0.05, 0.1) is 12.7 Å². The smallest absolute Gasteiger partial charge is 0.337 e. The SMILES string of the molecule is COC(=O)c1cccc(O[C@H](C)C(=O)Nc2ccc(Cl)cc2)c1. The molecule has 0 aromatic heterocycles. The molecular weight excluding hydrogens is 318 g/mol. The molecule has 23 heavy (non-hydrogen) atoms. The van der Waals surface area contributed by atoms with Gasteiger partial charge >= 0.3 is 5.97 Å². The van der Waals surface area contributed by atoms with Gasteiger partial charge in [-0.3, -0.25) is 4.79 Å². The fraction of sp³-hybridized carbons (Fsp3) is 0.176. The number of methoxy groups -OCH3 is 1. The van der Waals surface area contributed by atoms with E-state index in [9.17, 15) is 9.59 Å². The molecule has 2 aromatic rings. The maximum atomic E-state index is 12.1. The van der Waals surface area contributed by atoms with Crippen molar-refractivity contribution in [1.29, 1.82) is 0 Å². The summed E-state index contributed by atoms with van der Waals surface area (Å²) < 4.78 is 10.2. The highest BCUT2D eigenvalue weighted by Crippen LogP contribution is 2.17. The third-order valence-electron chi connectivity index (χ3n) is 3.05. The van der Waals surface area contributed by atoms with E-state index < -0.39 is 12.1 Å². The molecule has 0 aliphatic heterocycles. The monoisotopic (exact) mass is 333 g/mol. The largest absolute Gasteiger partial charge is 0.481 e. The van der Waals surface area contributed by atoms with E-state index in [1.54, 1.807) is 49.4 Å². The van der Waals surface area contributed by atoms with Gasteiger partial charge < -0.3 is 14.8 Å². The van der Waals surface area contributed by atoms with Crippen LogP contribution in [0.15, 0.2) is 48.5 Å². The van der Waals surface area contributed by atoms with Crippen molar-refractivity contribution < 1.29 is 19.1 Å². The number of esters is 1. The van der Waals surface area contributed by atoms with Crippen LogP contribution in [0, 0.1) is 0 Å². The molecule has 0 saturated heterocycles. The predicted molar refractivity (Wildman–Crippen MR) is 88.0 cm³/mol. The number of ether oxygens (including phenoxy) is 2.